The van der Waals surface area contributed by atoms with Crippen LogP contribution < -0.4 is 0 Å². The Morgan fingerprint density at radius 3 is 1.69 bits per heavy atom. The lowest BCUT2D eigenvalue weighted by molar-refractivity contribution is -0.142. The van der Waals surface area contributed by atoms with Crippen LogP contribution in [0.5, 0.6) is 0 Å². The van der Waals surface area contributed by atoms with E-state index >= 15 is 0 Å². The highest BCUT2D eigenvalue weighted by Crippen LogP contribution is 2.51. The Morgan fingerprint density at radius 1 is 0.686 bits per heavy atom. The second-order valence-corrected chi connectivity index (χ2v) is 13.5. The Hall–Kier alpha value is -3.21. The Labute approximate surface area is 322 Å². The van der Waals surface area contributed by atoms with Crippen molar-refractivity contribution in [1.29, 1.82) is 0 Å². The van der Waals surface area contributed by atoms with Crippen LogP contribution in [-0.2, 0) is 43.6 Å². The molecule has 2 unspecified atom stereocenters. The number of furan rings is 1. The van der Waals surface area contributed by atoms with Crippen molar-refractivity contribution in [2.24, 2.45) is 0 Å². The molecule has 51 heavy (non-hydrogen) atoms. The second kappa shape index (κ2) is 20.7. The molecule has 14 heteroatoms. The summed E-state index contributed by atoms with van der Waals surface area (Å²) in [5.41, 5.74) is 2.47. The summed E-state index contributed by atoms with van der Waals surface area (Å²) in [6.07, 6.45) is 0.579. The van der Waals surface area contributed by atoms with Crippen molar-refractivity contribution in [3.63, 3.8) is 0 Å². The van der Waals surface area contributed by atoms with Gasteiger partial charge in [-0.25, -0.2) is 9.59 Å². The highest BCUT2D eigenvalue weighted by atomic mass is 79.9. The molecule has 1 fully saturated rings. The third-order valence-electron chi connectivity index (χ3n) is 7.67. The summed E-state index contributed by atoms with van der Waals surface area (Å²) >= 11 is 10.1. The molecule has 4 aromatic rings. The maximum Gasteiger partial charge on any atom is 0.374 e. The monoisotopic (exact) mass is 896 g/mol. The standard InChI is InChI=1S/C14H17BrO5.C12H9BrO3.C11H13BrO3/c1-17-11(18-2)8-14(12(20-14)13(16)19-3)9-4-6-10(15)7-5-9;1-15-12(14)11-10(6-7-16-11)8-2-4-9(13)5-3-8;1-14-11(15-2)7-10(13)8-3-5-9(12)6-4-8/h4-7,11-12H,8H2,1-3H3;2-7H,1H3;3-6,11H,7H2,1-2H3. The summed E-state index contributed by atoms with van der Waals surface area (Å²) in [5.74, 6) is -0.622. The molecule has 0 bridgehead atoms. The predicted molar refractivity (Wildman–Crippen MR) is 199 cm³/mol. The first-order valence-corrected chi connectivity index (χ1v) is 17.7. The van der Waals surface area contributed by atoms with Gasteiger partial charge in [-0.1, -0.05) is 84.2 Å². The van der Waals surface area contributed by atoms with Gasteiger partial charge in [-0.3, -0.25) is 4.79 Å². The molecule has 1 aliphatic rings. The van der Waals surface area contributed by atoms with Crippen LogP contribution in [-0.4, -0.2) is 79.1 Å². The third-order valence-corrected chi connectivity index (χ3v) is 9.26. The van der Waals surface area contributed by atoms with Crippen LogP contribution >= 0.6 is 47.8 Å². The lowest BCUT2D eigenvalue weighted by Crippen LogP contribution is -2.27. The first-order chi connectivity index (χ1) is 24.5. The van der Waals surface area contributed by atoms with E-state index in [-0.39, 0.29) is 23.9 Å². The molecule has 0 N–H and O–H groups in total. The van der Waals surface area contributed by atoms with Gasteiger partial charge in [0.15, 0.2) is 24.5 Å². The van der Waals surface area contributed by atoms with Crippen LogP contribution in [0.4, 0.5) is 0 Å². The van der Waals surface area contributed by atoms with Crippen molar-refractivity contribution in [2.75, 3.05) is 42.7 Å². The van der Waals surface area contributed by atoms with Gasteiger partial charge in [-0.15, -0.1) is 0 Å². The van der Waals surface area contributed by atoms with Crippen LogP contribution in [0.25, 0.3) is 11.1 Å². The molecule has 11 nitrogen and oxygen atoms in total. The summed E-state index contributed by atoms with van der Waals surface area (Å²) in [4.78, 5) is 34.9. The molecular formula is C37H39Br3O11. The Kier molecular flexibility index (Phi) is 17.2. The minimum atomic E-state index is -0.746. The molecule has 1 saturated heterocycles. The van der Waals surface area contributed by atoms with Crippen LogP contribution in [0.15, 0.2) is 103 Å². The highest BCUT2D eigenvalue weighted by molar-refractivity contribution is 9.11. The van der Waals surface area contributed by atoms with Crippen molar-refractivity contribution in [3.8, 4) is 11.1 Å². The van der Waals surface area contributed by atoms with Gasteiger partial charge in [0.05, 0.1) is 26.9 Å². The molecule has 3 aromatic carbocycles. The summed E-state index contributed by atoms with van der Waals surface area (Å²) < 4.78 is 43.5. The number of esters is 2. The van der Waals surface area contributed by atoms with E-state index in [1.807, 2.05) is 60.7 Å². The van der Waals surface area contributed by atoms with Gasteiger partial charge < -0.3 is 37.6 Å². The molecule has 0 saturated carbocycles. The van der Waals surface area contributed by atoms with Crippen LogP contribution in [0.1, 0.15) is 39.3 Å². The van der Waals surface area contributed by atoms with Crippen molar-refractivity contribution >= 4 is 65.5 Å². The van der Waals surface area contributed by atoms with Gasteiger partial charge in [0.2, 0.25) is 5.76 Å². The molecule has 0 aliphatic carbocycles. The third kappa shape index (κ3) is 11.9. The fourth-order valence-corrected chi connectivity index (χ4v) is 5.63. The Morgan fingerprint density at radius 2 is 1.20 bits per heavy atom. The maximum absolute atomic E-state index is 11.7. The van der Waals surface area contributed by atoms with Gasteiger partial charge >= 0.3 is 11.9 Å². The van der Waals surface area contributed by atoms with Crippen molar-refractivity contribution in [2.45, 2.75) is 37.1 Å². The molecule has 1 aliphatic heterocycles. The first kappa shape index (κ1) is 42.2. The van der Waals surface area contributed by atoms with Crippen LogP contribution in [0.3, 0.4) is 0 Å². The van der Waals surface area contributed by atoms with Gasteiger partial charge in [0.1, 0.15) is 5.60 Å². The lowest BCUT2D eigenvalue weighted by atomic mass is 9.91. The minimum Gasteiger partial charge on any atom is -0.467 e. The quantitative estimate of drug-likeness (QED) is 0.0555. The molecule has 274 valence electrons. The van der Waals surface area contributed by atoms with Crippen molar-refractivity contribution in [3.05, 3.63) is 115 Å². The normalized spacial score (nSPS) is 16.0. The van der Waals surface area contributed by atoms with E-state index in [0.717, 1.165) is 30.1 Å². The smallest absolute Gasteiger partial charge is 0.374 e. The number of Topliss-reactive ketones (excluding diaryl/α,β-unsaturated/α-hetero) is 1. The SMILES string of the molecule is COC(=O)C1OC1(CC(OC)OC)c1ccc(Br)cc1.COC(=O)c1occc1-c1ccc(Br)cc1.COC(CC(=O)c1ccc(Br)cc1)OC. The van der Waals surface area contributed by atoms with Gasteiger partial charge in [0.25, 0.3) is 0 Å². The van der Waals surface area contributed by atoms with Gasteiger partial charge in [-0.05, 0) is 53.6 Å². The zero-order valence-electron chi connectivity index (χ0n) is 28.9. The number of hydrogen-bond donors (Lipinski definition) is 0. The van der Waals surface area contributed by atoms with E-state index < -0.39 is 30.3 Å². The van der Waals surface area contributed by atoms with E-state index in [1.165, 1.54) is 34.7 Å². The van der Waals surface area contributed by atoms with E-state index in [9.17, 15) is 14.4 Å². The van der Waals surface area contributed by atoms with Crippen LogP contribution in [0.2, 0.25) is 0 Å². The molecule has 1 aromatic heterocycles. The fourth-order valence-electron chi connectivity index (χ4n) is 4.84. The number of ether oxygens (including phenoxy) is 7. The van der Waals surface area contributed by atoms with E-state index in [1.54, 1.807) is 32.4 Å². The number of carbonyl (C=O) groups is 3. The van der Waals surface area contributed by atoms with E-state index in [4.69, 9.17) is 32.8 Å². The number of methoxy groups -OCH3 is 6. The molecule has 5 rings (SSSR count). The predicted octanol–water partition coefficient (Wildman–Crippen LogP) is 8.36. The van der Waals surface area contributed by atoms with Gasteiger partial charge in [-0.2, -0.15) is 0 Å². The van der Waals surface area contributed by atoms with Crippen molar-refractivity contribution in [1.82, 2.24) is 0 Å². The van der Waals surface area contributed by atoms with Crippen LogP contribution in [0, 0.1) is 0 Å². The lowest BCUT2D eigenvalue weighted by Gasteiger charge is -2.19. The zero-order chi connectivity index (χ0) is 37.6. The molecule has 2 atom stereocenters. The summed E-state index contributed by atoms with van der Waals surface area (Å²) in [7, 11) is 8.82. The summed E-state index contributed by atoms with van der Waals surface area (Å²) in [5, 5.41) is 0. The summed E-state index contributed by atoms with van der Waals surface area (Å²) in [6.45, 7) is 0. The number of carbonyl (C=O) groups excluding carboxylic acids is 3. The number of hydrogen-bond acceptors (Lipinski definition) is 11. The number of rotatable bonds is 13. The zero-order valence-corrected chi connectivity index (χ0v) is 33.6. The number of ketones is 1. The van der Waals surface area contributed by atoms with E-state index in [0.29, 0.717) is 12.0 Å². The minimum absolute atomic E-state index is 0.0104. The average molecular weight is 899 g/mol. The molecule has 0 amide bonds. The van der Waals surface area contributed by atoms with Gasteiger partial charge in [0, 0.05) is 59.4 Å². The summed E-state index contributed by atoms with van der Waals surface area (Å²) in [6, 6.07) is 24.2. The molecular weight excluding hydrogens is 860 g/mol. The van der Waals surface area contributed by atoms with E-state index in [2.05, 4.69) is 52.5 Å². The molecule has 2 heterocycles. The second-order valence-electron chi connectivity index (χ2n) is 10.7. The highest BCUT2D eigenvalue weighted by Gasteiger charge is 2.63. The number of halogens is 3. The number of benzene rings is 3. The Balaban J connectivity index is 0.000000209. The largest absolute Gasteiger partial charge is 0.467 e. The average Bonchev–Trinajstić information content (AvgIpc) is 3.67. The Bertz CT molecular complexity index is 1680. The van der Waals surface area contributed by atoms with Crippen molar-refractivity contribution < 1.29 is 52.0 Å². The fraction of sp³-hybridized carbons (Fsp3) is 0.324. The maximum atomic E-state index is 11.7. The topological polar surface area (TPSA) is 132 Å². The molecule has 0 spiro atoms. The number of epoxide rings is 1. The molecule has 0 radical (unpaired) electrons. The first-order valence-electron chi connectivity index (χ1n) is 15.3.